The smallest absolute Gasteiger partial charge is 0.462 e. The molecule has 2 heterocycles. The van der Waals surface area contributed by atoms with Gasteiger partial charge in [-0.1, -0.05) is 18.2 Å². The Morgan fingerprint density at radius 2 is 2.05 bits per heavy atom. The van der Waals surface area contributed by atoms with Gasteiger partial charge in [0, 0.05) is 17.2 Å². The second-order valence-corrected chi connectivity index (χ2v) is 9.87. The number of aryl methyl sites for hydroxylation is 1. The van der Waals surface area contributed by atoms with E-state index in [-0.39, 0.29) is 19.2 Å². The molecule has 1 saturated heterocycles. The summed E-state index contributed by atoms with van der Waals surface area (Å²) in [6, 6.07) is 5.60. The third kappa shape index (κ3) is 7.47. The first-order chi connectivity index (χ1) is 18.0. The molecule has 206 valence electrons. The van der Waals surface area contributed by atoms with Crippen LogP contribution < -0.4 is 11.4 Å². The lowest BCUT2D eigenvalue weighted by molar-refractivity contribution is -0.150. The molecule has 15 heteroatoms. The Balaban J connectivity index is 1.51. The van der Waals surface area contributed by atoms with Crippen LogP contribution in [0.5, 0.6) is 0 Å². The molecule has 1 aliphatic rings. The first-order valence-electron chi connectivity index (χ1n) is 11.7. The summed E-state index contributed by atoms with van der Waals surface area (Å²) in [7, 11) is -2.62. The van der Waals surface area contributed by atoms with Crippen LogP contribution >= 0.6 is 8.25 Å². The number of hydrogen-bond acceptors (Lipinski definition) is 13. The number of rotatable bonds is 12. The molecule has 1 aliphatic heterocycles. The number of carbonyl (C=O) groups excluding carboxylic acids is 1. The molecule has 7 atom stereocenters. The van der Waals surface area contributed by atoms with E-state index in [4.69, 9.17) is 29.7 Å². The Labute approximate surface area is 219 Å². The van der Waals surface area contributed by atoms with Crippen molar-refractivity contribution in [2.24, 2.45) is 5.92 Å². The van der Waals surface area contributed by atoms with Crippen LogP contribution in [0.2, 0.25) is 0 Å². The summed E-state index contributed by atoms with van der Waals surface area (Å²) in [5.41, 5.74) is 7.04. The van der Waals surface area contributed by atoms with Crippen molar-refractivity contribution in [3.63, 3.8) is 0 Å². The summed E-state index contributed by atoms with van der Waals surface area (Å²) in [4.78, 5) is 31.0. The molecule has 1 aromatic heterocycles. The molecule has 0 saturated carbocycles. The molecule has 1 aromatic carbocycles. The Morgan fingerprint density at radius 1 is 1.32 bits per heavy atom. The number of hydrogen-bond donors (Lipinski definition) is 4. The van der Waals surface area contributed by atoms with E-state index >= 15 is 0 Å². The molecule has 0 spiro atoms. The molecule has 38 heavy (non-hydrogen) atoms. The molecule has 14 nitrogen and oxygen atoms in total. The summed E-state index contributed by atoms with van der Waals surface area (Å²) < 4.78 is 34.6. The van der Waals surface area contributed by atoms with E-state index in [1.54, 1.807) is 13.8 Å². The third-order valence-electron chi connectivity index (χ3n) is 5.90. The van der Waals surface area contributed by atoms with Gasteiger partial charge in [-0.25, -0.2) is 9.78 Å². The molecule has 0 bridgehead atoms. The van der Waals surface area contributed by atoms with Crippen molar-refractivity contribution in [3.05, 3.63) is 51.7 Å². The Bertz CT molecular complexity index is 1230. The Morgan fingerprint density at radius 3 is 2.74 bits per heavy atom. The number of carbonyl (C=O) groups is 1. The number of nitrogens with zero attached hydrogens (tertiary/aromatic N) is 3. The van der Waals surface area contributed by atoms with Gasteiger partial charge < -0.3 is 30.8 Å². The van der Waals surface area contributed by atoms with E-state index in [1.807, 2.05) is 25.1 Å². The topological polar surface area (TPSA) is 209 Å². The van der Waals surface area contributed by atoms with Crippen molar-refractivity contribution in [2.75, 3.05) is 12.3 Å². The number of anilines is 1. The maximum atomic E-state index is 12.3. The summed E-state index contributed by atoms with van der Waals surface area (Å²) in [5.74, 6) is -1.34. The highest BCUT2D eigenvalue weighted by atomic mass is 31.1. The Kier molecular flexibility index (Phi) is 10.1. The molecule has 2 aromatic rings. The van der Waals surface area contributed by atoms with E-state index in [0.29, 0.717) is 6.42 Å². The highest BCUT2D eigenvalue weighted by Crippen LogP contribution is 2.32. The number of nitrogens with one attached hydrogen (secondary N) is 1. The average molecular weight is 553 g/mol. The van der Waals surface area contributed by atoms with Crippen molar-refractivity contribution in [2.45, 2.75) is 64.4 Å². The zero-order valence-electron chi connectivity index (χ0n) is 21.1. The lowest BCUT2D eigenvalue weighted by atomic mass is 10.0. The van der Waals surface area contributed by atoms with Gasteiger partial charge in [0.2, 0.25) is 5.95 Å². The maximum absolute atomic E-state index is 12.3. The normalized spacial score (nSPS) is 23.0. The largest absolute Gasteiger partial charge is 0.697 e. The van der Waals surface area contributed by atoms with Crippen LogP contribution in [0.25, 0.3) is 0 Å². The van der Waals surface area contributed by atoms with Crippen molar-refractivity contribution in [1.29, 1.82) is 5.41 Å². The number of benzene rings is 1. The summed E-state index contributed by atoms with van der Waals surface area (Å²) in [5, 5.41) is 27.7. The van der Waals surface area contributed by atoms with E-state index in [9.17, 15) is 24.4 Å². The third-order valence-corrected chi connectivity index (χ3v) is 6.60. The standard InChI is InChI=1S/C23H30N5O9P/c1-12-4-5-15(6-14(3)36-21(31)13(2)8-24)7-16(12)9-34-38(33)35-10-17-18(29)19(30)20(37-17)28-11-26-22(25)27-23(28)32/h4-5,7-8,11,13-14,17-20,24,29-30H,6,9-10H2,1-3H3,(H-,25,27,32)/p+1. The number of aliphatic hydroxyl groups excluding tert-OH is 2. The van der Waals surface area contributed by atoms with Crippen LogP contribution in [0.15, 0.2) is 29.3 Å². The van der Waals surface area contributed by atoms with Gasteiger partial charge in [0.15, 0.2) is 6.23 Å². The van der Waals surface area contributed by atoms with Gasteiger partial charge in [0.05, 0.1) is 5.92 Å². The minimum Gasteiger partial charge on any atom is -0.462 e. The lowest BCUT2D eigenvalue weighted by Gasteiger charge is -2.16. The number of aliphatic hydroxyl groups is 2. The minimum absolute atomic E-state index is 0.0363. The van der Waals surface area contributed by atoms with Gasteiger partial charge >= 0.3 is 19.9 Å². The first kappa shape index (κ1) is 29.4. The number of ether oxygens (including phenoxy) is 2. The number of esters is 1. The summed E-state index contributed by atoms with van der Waals surface area (Å²) in [6.07, 6.45) is -3.23. The predicted molar refractivity (Wildman–Crippen MR) is 133 cm³/mol. The van der Waals surface area contributed by atoms with E-state index in [2.05, 4.69) is 9.97 Å². The predicted octanol–water partition coefficient (Wildman–Crippen LogP) is 0.799. The second-order valence-electron chi connectivity index (χ2n) is 8.91. The van der Waals surface area contributed by atoms with Crippen molar-refractivity contribution in [1.82, 2.24) is 14.5 Å². The molecule has 0 radical (unpaired) electrons. The van der Waals surface area contributed by atoms with Crippen molar-refractivity contribution < 1.29 is 38.1 Å². The highest BCUT2D eigenvalue weighted by Gasteiger charge is 2.45. The zero-order valence-corrected chi connectivity index (χ0v) is 22.0. The van der Waals surface area contributed by atoms with Gasteiger partial charge in [0.1, 0.15) is 44.0 Å². The fourth-order valence-electron chi connectivity index (χ4n) is 3.67. The van der Waals surface area contributed by atoms with Gasteiger partial charge in [-0.15, -0.1) is 9.05 Å². The van der Waals surface area contributed by atoms with Crippen LogP contribution in [-0.2, 0) is 40.9 Å². The number of aromatic nitrogens is 3. The minimum atomic E-state index is -2.62. The fourth-order valence-corrected chi connectivity index (χ4v) is 4.26. The maximum Gasteiger partial charge on any atom is 0.697 e. The van der Waals surface area contributed by atoms with Crippen LogP contribution in [0, 0.1) is 18.3 Å². The van der Waals surface area contributed by atoms with Crippen LogP contribution in [0.4, 0.5) is 5.95 Å². The quantitative estimate of drug-likeness (QED) is 0.164. The van der Waals surface area contributed by atoms with Crippen LogP contribution in [-0.4, -0.2) is 68.0 Å². The van der Waals surface area contributed by atoms with Crippen LogP contribution in [0.1, 0.15) is 36.8 Å². The number of nitrogen functional groups attached to an aromatic ring is 1. The van der Waals surface area contributed by atoms with Crippen LogP contribution in [0.3, 0.4) is 0 Å². The fraction of sp³-hybridized carbons (Fsp3) is 0.522. The molecule has 3 rings (SSSR count). The molecular formula is C23H31N5O9P+. The molecule has 0 amide bonds. The average Bonchev–Trinajstić information content (AvgIpc) is 3.15. The van der Waals surface area contributed by atoms with E-state index in [0.717, 1.165) is 33.8 Å². The number of nitrogens with two attached hydrogens (primary N) is 1. The second kappa shape index (κ2) is 13.1. The summed E-state index contributed by atoms with van der Waals surface area (Å²) >= 11 is 0. The molecular weight excluding hydrogens is 521 g/mol. The van der Waals surface area contributed by atoms with E-state index in [1.165, 1.54) is 0 Å². The molecule has 1 fully saturated rings. The summed E-state index contributed by atoms with van der Waals surface area (Å²) in [6.45, 7) is 4.78. The zero-order chi connectivity index (χ0) is 28.0. The van der Waals surface area contributed by atoms with Crippen molar-refractivity contribution >= 4 is 26.4 Å². The Hall–Kier alpha value is -3.13. The molecule has 7 unspecified atom stereocenters. The monoisotopic (exact) mass is 552 g/mol. The van der Waals surface area contributed by atoms with Gasteiger partial charge in [-0.3, -0.25) is 9.36 Å². The first-order valence-corrected chi connectivity index (χ1v) is 12.8. The lowest BCUT2D eigenvalue weighted by Crippen LogP contribution is -2.36. The molecule has 0 aliphatic carbocycles. The van der Waals surface area contributed by atoms with Gasteiger partial charge in [-0.2, -0.15) is 4.98 Å². The van der Waals surface area contributed by atoms with Gasteiger partial charge in [0.25, 0.3) is 0 Å². The SMILES string of the molecule is Cc1ccc(CC(C)OC(=O)C(C)C=N)cc1CO[P+](=O)OCC1OC(n2cnc(N)nc2=O)C(O)C1O. The molecule has 5 N–H and O–H groups in total. The van der Waals surface area contributed by atoms with Gasteiger partial charge in [-0.05, 0) is 37.5 Å². The van der Waals surface area contributed by atoms with Crippen molar-refractivity contribution in [3.8, 4) is 0 Å². The highest BCUT2D eigenvalue weighted by molar-refractivity contribution is 7.33. The van der Waals surface area contributed by atoms with E-state index < -0.39 is 56.5 Å².